The van der Waals surface area contributed by atoms with Crippen LogP contribution in [0.4, 0.5) is 0 Å². The van der Waals surface area contributed by atoms with Crippen LogP contribution in [0.15, 0.2) is 0 Å². The summed E-state index contributed by atoms with van der Waals surface area (Å²) in [6.07, 6.45) is 10.6. The van der Waals surface area contributed by atoms with Crippen molar-refractivity contribution in [3.8, 4) is 0 Å². The third-order valence-corrected chi connectivity index (χ3v) is 6.22. The molecule has 1 saturated heterocycles. The molecule has 5 atom stereocenters. The zero-order valence-corrected chi connectivity index (χ0v) is 13.5. The van der Waals surface area contributed by atoms with Gasteiger partial charge in [-0.15, -0.1) is 0 Å². The van der Waals surface area contributed by atoms with Crippen LogP contribution in [0.2, 0.25) is 0 Å². The van der Waals surface area contributed by atoms with Gasteiger partial charge in [0.2, 0.25) is 5.91 Å². The maximum Gasteiger partial charge on any atom is 0.224 e. The number of nitrogens with one attached hydrogen (secondary N) is 1. The highest BCUT2D eigenvalue weighted by molar-refractivity contribution is 5.80. The van der Waals surface area contributed by atoms with E-state index in [4.69, 9.17) is 0 Å². The minimum Gasteiger partial charge on any atom is -0.353 e. The van der Waals surface area contributed by atoms with Gasteiger partial charge in [0, 0.05) is 12.0 Å². The van der Waals surface area contributed by atoms with E-state index in [0.29, 0.717) is 17.9 Å². The van der Waals surface area contributed by atoms with E-state index in [-0.39, 0.29) is 11.3 Å². The summed E-state index contributed by atoms with van der Waals surface area (Å²) >= 11 is 0. The molecule has 0 spiro atoms. The Hall–Kier alpha value is -0.530. The lowest BCUT2D eigenvalue weighted by Gasteiger charge is -2.44. The van der Waals surface area contributed by atoms with E-state index in [0.717, 1.165) is 11.8 Å². The largest absolute Gasteiger partial charge is 0.353 e. The number of carbonyl (C=O) groups is 1. The lowest BCUT2D eigenvalue weighted by atomic mass is 9.60. The van der Waals surface area contributed by atoms with E-state index < -0.39 is 0 Å². The van der Waals surface area contributed by atoms with Gasteiger partial charge in [0.25, 0.3) is 0 Å². The average molecular weight is 277 g/mol. The van der Waals surface area contributed by atoms with Crippen molar-refractivity contribution in [1.29, 1.82) is 0 Å². The van der Waals surface area contributed by atoms with Gasteiger partial charge in [-0.3, -0.25) is 4.79 Å². The smallest absolute Gasteiger partial charge is 0.224 e. The van der Waals surface area contributed by atoms with Crippen LogP contribution in [0.5, 0.6) is 0 Å². The molecule has 0 aromatic rings. The molecule has 1 aliphatic heterocycles. The third kappa shape index (κ3) is 2.51. The molecule has 1 amide bonds. The second-order valence-corrected chi connectivity index (χ2v) is 8.52. The van der Waals surface area contributed by atoms with Gasteiger partial charge in [0.1, 0.15) is 0 Å². The van der Waals surface area contributed by atoms with Crippen molar-refractivity contribution in [2.24, 2.45) is 29.1 Å². The molecule has 20 heavy (non-hydrogen) atoms. The highest BCUT2D eigenvalue weighted by atomic mass is 16.2. The Morgan fingerprint density at radius 3 is 2.05 bits per heavy atom. The third-order valence-electron chi connectivity index (χ3n) is 6.22. The van der Waals surface area contributed by atoms with Gasteiger partial charge in [-0.05, 0) is 48.9 Å². The number of hydrogen-bond acceptors (Lipinski definition) is 1. The molecule has 3 aliphatic rings. The van der Waals surface area contributed by atoms with Crippen LogP contribution < -0.4 is 5.32 Å². The quantitative estimate of drug-likeness (QED) is 0.708. The first kappa shape index (κ1) is 14.4. The van der Waals surface area contributed by atoms with E-state index in [1.165, 1.54) is 51.4 Å². The fraction of sp³-hybridized carbons (Fsp3) is 0.944. The predicted molar refractivity (Wildman–Crippen MR) is 82.3 cm³/mol. The molecule has 3 fully saturated rings. The average Bonchev–Trinajstić information content (AvgIpc) is 2.51. The van der Waals surface area contributed by atoms with Gasteiger partial charge in [-0.25, -0.2) is 0 Å². The molecule has 2 saturated carbocycles. The van der Waals surface area contributed by atoms with Crippen molar-refractivity contribution in [2.75, 3.05) is 0 Å². The Morgan fingerprint density at radius 1 is 0.850 bits per heavy atom. The van der Waals surface area contributed by atoms with Gasteiger partial charge in [0.15, 0.2) is 0 Å². The van der Waals surface area contributed by atoms with Crippen molar-refractivity contribution < 1.29 is 4.79 Å². The Balaban J connectivity index is 1.95. The monoisotopic (exact) mass is 277 g/mol. The number of rotatable bonds is 0. The molecule has 2 nitrogen and oxygen atoms in total. The van der Waals surface area contributed by atoms with Gasteiger partial charge in [-0.1, -0.05) is 46.5 Å². The molecule has 0 aromatic carbocycles. The number of carbonyl (C=O) groups excluding carboxylic acids is 1. The fourth-order valence-electron chi connectivity index (χ4n) is 5.49. The summed E-state index contributed by atoms with van der Waals surface area (Å²) < 4.78 is 0. The minimum absolute atomic E-state index is 0.0951. The molecular formula is C18H31NO. The second kappa shape index (κ2) is 5.35. The first-order valence-electron chi connectivity index (χ1n) is 8.79. The predicted octanol–water partition coefficient (Wildman–Crippen LogP) is 4.14. The van der Waals surface area contributed by atoms with Gasteiger partial charge >= 0.3 is 0 Å². The van der Waals surface area contributed by atoms with Gasteiger partial charge < -0.3 is 5.32 Å². The minimum atomic E-state index is 0.0951. The fourth-order valence-corrected chi connectivity index (χ4v) is 5.49. The van der Waals surface area contributed by atoms with E-state index in [9.17, 15) is 4.79 Å². The summed E-state index contributed by atoms with van der Waals surface area (Å²) in [7, 11) is 0. The highest BCUT2D eigenvalue weighted by Crippen LogP contribution is 2.50. The zero-order chi connectivity index (χ0) is 14.3. The molecule has 5 unspecified atom stereocenters. The Kier molecular flexibility index (Phi) is 3.85. The van der Waals surface area contributed by atoms with E-state index in [2.05, 4.69) is 26.1 Å². The van der Waals surface area contributed by atoms with Crippen LogP contribution in [0.1, 0.15) is 72.1 Å². The van der Waals surface area contributed by atoms with E-state index >= 15 is 0 Å². The first-order chi connectivity index (χ1) is 9.48. The molecule has 1 N–H and O–H groups in total. The van der Waals surface area contributed by atoms with Crippen molar-refractivity contribution in [2.45, 2.75) is 78.2 Å². The number of amides is 1. The molecule has 1 heterocycles. The van der Waals surface area contributed by atoms with Gasteiger partial charge in [-0.2, -0.15) is 0 Å². The maximum atomic E-state index is 12.9. The normalized spacial score (nSPS) is 42.1. The summed E-state index contributed by atoms with van der Waals surface area (Å²) in [5.41, 5.74) is 0.0951. The van der Waals surface area contributed by atoms with Crippen LogP contribution in [0.3, 0.4) is 0 Å². The molecule has 114 valence electrons. The number of fused-ring (bicyclic) bond motifs is 3. The lowest BCUT2D eigenvalue weighted by molar-refractivity contribution is -0.131. The summed E-state index contributed by atoms with van der Waals surface area (Å²) in [5, 5.41) is 3.45. The first-order valence-corrected chi connectivity index (χ1v) is 8.79. The van der Waals surface area contributed by atoms with Gasteiger partial charge in [0.05, 0.1) is 0 Å². The summed E-state index contributed by atoms with van der Waals surface area (Å²) in [6, 6.07) is 0.481. The Morgan fingerprint density at radius 2 is 1.40 bits per heavy atom. The summed E-state index contributed by atoms with van der Waals surface area (Å²) in [4.78, 5) is 12.9. The number of hydrogen-bond donors (Lipinski definition) is 1. The van der Waals surface area contributed by atoms with E-state index in [1.807, 2.05) is 0 Å². The van der Waals surface area contributed by atoms with Crippen molar-refractivity contribution in [3.05, 3.63) is 0 Å². The topological polar surface area (TPSA) is 29.1 Å². The Labute approximate surface area is 124 Å². The van der Waals surface area contributed by atoms with Crippen LogP contribution in [0, 0.1) is 29.1 Å². The van der Waals surface area contributed by atoms with Crippen LogP contribution in [-0.2, 0) is 4.79 Å². The van der Waals surface area contributed by atoms with Crippen LogP contribution >= 0.6 is 0 Å². The molecule has 2 heteroatoms. The van der Waals surface area contributed by atoms with E-state index in [1.54, 1.807) is 0 Å². The van der Waals surface area contributed by atoms with Crippen molar-refractivity contribution in [3.63, 3.8) is 0 Å². The van der Waals surface area contributed by atoms with Crippen LogP contribution in [0.25, 0.3) is 0 Å². The summed E-state index contributed by atoms with van der Waals surface area (Å²) in [6.45, 7) is 6.79. The molecule has 0 bridgehead atoms. The summed E-state index contributed by atoms with van der Waals surface area (Å²) in [5.74, 6) is 2.79. The SMILES string of the molecule is CC(C)(C)C1C(=O)NC2CCCCC2C2CCCCC21. The maximum absolute atomic E-state index is 12.9. The zero-order valence-electron chi connectivity index (χ0n) is 13.5. The Bertz CT molecular complexity index is 370. The lowest BCUT2D eigenvalue weighted by Crippen LogP contribution is -2.44. The molecular weight excluding hydrogens is 246 g/mol. The molecule has 2 aliphatic carbocycles. The molecule has 0 aromatic heterocycles. The van der Waals surface area contributed by atoms with Crippen LogP contribution in [-0.4, -0.2) is 11.9 Å². The highest BCUT2D eigenvalue weighted by Gasteiger charge is 2.49. The van der Waals surface area contributed by atoms with Crippen molar-refractivity contribution >= 4 is 5.91 Å². The second-order valence-electron chi connectivity index (χ2n) is 8.52. The molecule has 0 radical (unpaired) electrons. The standard InChI is InChI=1S/C18H31NO/c1-18(2,3)16-14-10-5-4-8-12(14)13-9-6-7-11-15(13)19-17(16)20/h12-16H,4-11H2,1-3H3,(H,19,20). The molecule has 3 rings (SSSR count). The van der Waals surface area contributed by atoms with Crippen molar-refractivity contribution in [1.82, 2.24) is 5.32 Å².